The van der Waals surface area contributed by atoms with Gasteiger partial charge in [0.05, 0.1) is 4.99 Å². The Hall–Kier alpha value is -1.38. The Bertz CT molecular complexity index is 414. The fourth-order valence-corrected chi connectivity index (χ4v) is 2.16. The predicted octanol–water partition coefficient (Wildman–Crippen LogP) is 0.532. The van der Waals surface area contributed by atoms with Crippen molar-refractivity contribution in [3.05, 3.63) is 0 Å². The number of hydrogen-bond acceptors (Lipinski definition) is 3. The number of nitrogens with zero attached hydrogens (tertiary/aromatic N) is 2. The molecule has 114 valence electrons. The normalized spacial score (nSPS) is 18.4. The van der Waals surface area contributed by atoms with E-state index in [-0.39, 0.29) is 13.1 Å². The van der Waals surface area contributed by atoms with Crippen LogP contribution in [0.1, 0.15) is 13.3 Å². The van der Waals surface area contributed by atoms with E-state index in [1.807, 2.05) is 6.92 Å². The van der Waals surface area contributed by atoms with E-state index in [1.165, 1.54) is 4.90 Å². The quantitative estimate of drug-likeness (QED) is 0.594. The van der Waals surface area contributed by atoms with Crippen molar-refractivity contribution in [2.75, 3.05) is 26.2 Å². The molecule has 0 aromatic rings. The zero-order valence-corrected chi connectivity index (χ0v) is 11.8. The molecule has 1 aliphatic rings. The lowest BCUT2D eigenvalue weighted by Gasteiger charge is -2.35. The molecule has 2 amide bonds. The van der Waals surface area contributed by atoms with E-state index in [0.717, 1.165) is 4.90 Å². The fourth-order valence-electron chi connectivity index (χ4n) is 1.95. The topological polar surface area (TPSA) is 66.6 Å². The third-order valence-corrected chi connectivity index (χ3v) is 3.32. The molecule has 1 fully saturated rings. The van der Waals surface area contributed by atoms with Crippen LogP contribution in [-0.2, 0) is 9.59 Å². The molecule has 9 heteroatoms. The summed E-state index contributed by atoms with van der Waals surface area (Å²) in [5.74, 6) is -3.80. The molecule has 0 radical (unpaired) electrons. The van der Waals surface area contributed by atoms with E-state index < -0.39 is 35.4 Å². The number of amides is 2. The molecule has 0 aromatic heterocycles. The smallest absolute Gasteiger partial charge is 0.393 e. The van der Waals surface area contributed by atoms with E-state index in [9.17, 15) is 22.8 Å². The fraction of sp³-hybridized carbons (Fsp3) is 0.727. The molecule has 0 aromatic carbocycles. The summed E-state index contributed by atoms with van der Waals surface area (Å²) in [6, 6.07) is 0. The molecule has 1 saturated heterocycles. The first-order chi connectivity index (χ1) is 9.18. The van der Waals surface area contributed by atoms with Crippen molar-refractivity contribution in [1.29, 1.82) is 0 Å². The summed E-state index contributed by atoms with van der Waals surface area (Å²) in [4.78, 5) is 25.0. The van der Waals surface area contributed by atoms with Crippen molar-refractivity contribution in [3.63, 3.8) is 0 Å². The van der Waals surface area contributed by atoms with Gasteiger partial charge in [-0.3, -0.25) is 9.59 Å². The van der Waals surface area contributed by atoms with Gasteiger partial charge in [-0.05, 0) is 6.42 Å². The van der Waals surface area contributed by atoms with Gasteiger partial charge in [0, 0.05) is 26.2 Å². The van der Waals surface area contributed by atoms with Crippen LogP contribution in [0.15, 0.2) is 0 Å². The van der Waals surface area contributed by atoms with E-state index in [1.54, 1.807) is 0 Å². The molecule has 1 heterocycles. The van der Waals surface area contributed by atoms with Crippen molar-refractivity contribution in [3.8, 4) is 0 Å². The van der Waals surface area contributed by atoms with Crippen LogP contribution < -0.4 is 5.73 Å². The summed E-state index contributed by atoms with van der Waals surface area (Å²) in [5.41, 5.74) is 5.07. The van der Waals surface area contributed by atoms with E-state index in [2.05, 4.69) is 12.2 Å². The second kappa shape index (κ2) is 6.38. The molecule has 1 aliphatic heterocycles. The molecule has 1 atom stereocenters. The Kier molecular flexibility index (Phi) is 5.32. The molecule has 2 N–H and O–H groups in total. The predicted molar refractivity (Wildman–Crippen MR) is 69.8 cm³/mol. The van der Waals surface area contributed by atoms with Gasteiger partial charge < -0.3 is 15.5 Å². The van der Waals surface area contributed by atoms with Crippen molar-refractivity contribution in [1.82, 2.24) is 9.80 Å². The second-order valence-electron chi connectivity index (χ2n) is 4.54. The number of halogens is 3. The molecule has 1 unspecified atom stereocenters. The minimum absolute atomic E-state index is 0.0553. The molecule has 0 aliphatic carbocycles. The first-order valence-electron chi connectivity index (χ1n) is 6.12. The minimum Gasteiger partial charge on any atom is -0.393 e. The maximum absolute atomic E-state index is 12.7. The maximum Gasteiger partial charge on any atom is 0.399 e. The first kappa shape index (κ1) is 16.7. The Balaban J connectivity index is 2.77. The van der Waals surface area contributed by atoms with Crippen LogP contribution in [0.25, 0.3) is 0 Å². The molecular formula is C11H16F3N3O2S. The summed E-state index contributed by atoms with van der Waals surface area (Å²) in [6.45, 7) is 1.83. The molecular weight excluding hydrogens is 295 g/mol. The van der Waals surface area contributed by atoms with Crippen LogP contribution in [-0.4, -0.2) is 59.0 Å². The van der Waals surface area contributed by atoms with E-state index in [4.69, 9.17) is 5.73 Å². The summed E-state index contributed by atoms with van der Waals surface area (Å²) >= 11 is 4.39. The van der Waals surface area contributed by atoms with Crippen molar-refractivity contribution >= 4 is 29.0 Å². The second-order valence-corrected chi connectivity index (χ2v) is 5.01. The molecule has 0 spiro atoms. The van der Waals surface area contributed by atoms with Crippen LogP contribution in [0, 0.1) is 5.92 Å². The van der Waals surface area contributed by atoms with Gasteiger partial charge in [-0.1, -0.05) is 19.1 Å². The lowest BCUT2D eigenvalue weighted by atomic mass is 10.1. The number of alkyl halides is 3. The zero-order valence-electron chi connectivity index (χ0n) is 10.9. The lowest BCUT2D eigenvalue weighted by Crippen LogP contribution is -2.57. The number of carbonyl (C=O) groups is 2. The Morgan fingerprint density at radius 3 is 2.25 bits per heavy atom. The zero-order chi connectivity index (χ0) is 15.5. The lowest BCUT2D eigenvalue weighted by molar-refractivity contribution is -0.169. The van der Waals surface area contributed by atoms with Crippen molar-refractivity contribution < 1.29 is 22.8 Å². The highest BCUT2D eigenvalue weighted by molar-refractivity contribution is 7.80. The Morgan fingerprint density at radius 1 is 1.30 bits per heavy atom. The van der Waals surface area contributed by atoms with Crippen LogP contribution >= 0.6 is 12.2 Å². The van der Waals surface area contributed by atoms with E-state index >= 15 is 0 Å². The molecule has 5 nitrogen and oxygen atoms in total. The summed E-state index contributed by atoms with van der Waals surface area (Å²) in [7, 11) is 0. The van der Waals surface area contributed by atoms with Gasteiger partial charge in [0.25, 0.3) is 0 Å². The van der Waals surface area contributed by atoms with Gasteiger partial charge in [0.1, 0.15) is 5.92 Å². The summed E-state index contributed by atoms with van der Waals surface area (Å²) in [6.07, 6.45) is -3.95. The monoisotopic (exact) mass is 311 g/mol. The number of thiocarbonyl (C=S) groups is 1. The van der Waals surface area contributed by atoms with Crippen molar-refractivity contribution in [2.24, 2.45) is 11.7 Å². The van der Waals surface area contributed by atoms with Crippen LogP contribution in [0.4, 0.5) is 13.2 Å². The number of carbonyl (C=O) groups excluding carboxylic acids is 2. The first-order valence-corrected chi connectivity index (χ1v) is 6.53. The molecule has 0 saturated carbocycles. The van der Waals surface area contributed by atoms with Crippen molar-refractivity contribution in [2.45, 2.75) is 19.5 Å². The SMILES string of the molecule is CCCN1CCN(CC(C(N)=S)C(F)(F)F)C(=O)C1=O. The molecule has 1 rings (SSSR count). The summed E-state index contributed by atoms with van der Waals surface area (Å²) in [5, 5.41) is 0. The Morgan fingerprint density at radius 2 is 1.80 bits per heavy atom. The summed E-state index contributed by atoms with van der Waals surface area (Å²) < 4.78 is 38.2. The van der Waals surface area contributed by atoms with Gasteiger partial charge in [-0.15, -0.1) is 0 Å². The maximum atomic E-state index is 12.7. The highest BCUT2D eigenvalue weighted by atomic mass is 32.1. The van der Waals surface area contributed by atoms with Gasteiger partial charge in [0.15, 0.2) is 0 Å². The van der Waals surface area contributed by atoms with Crippen LogP contribution in [0.2, 0.25) is 0 Å². The van der Waals surface area contributed by atoms with E-state index in [0.29, 0.717) is 13.0 Å². The average Bonchev–Trinajstić information content (AvgIpc) is 2.32. The third-order valence-electron chi connectivity index (χ3n) is 3.03. The van der Waals surface area contributed by atoms with Gasteiger partial charge >= 0.3 is 18.0 Å². The van der Waals surface area contributed by atoms with Gasteiger partial charge in [-0.25, -0.2) is 0 Å². The number of rotatable bonds is 5. The van der Waals surface area contributed by atoms with Crippen LogP contribution in [0.3, 0.4) is 0 Å². The number of piperazine rings is 1. The van der Waals surface area contributed by atoms with Gasteiger partial charge in [0.2, 0.25) is 0 Å². The Labute approximate surface area is 119 Å². The average molecular weight is 311 g/mol. The minimum atomic E-state index is -4.63. The standard InChI is InChI=1S/C11H16F3N3O2S/c1-2-3-16-4-5-17(10(19)9(16)18)6-7(8(15)20)11(12,13)14/h7H,2-6H2,1H3,(H2,15,20). The highest BCUT2D eigenvalue weighted by Gasteiger charge is 2.45. The van der Waals surface area contributed by atoms with Gasteiger partial charge in [-0.2, -0.15) is 13.2 Å². The molecule has 20 heavy (non-hydrogen) atoms. The number of nitrogens with two attached hydrogens (primary N) is 1. The largest absolute Gasteiger partial charge is 0.399 e. The third kappa shape index (κ3) is 3.81. The number of hydrogen-bond donors (Lipinski definition) is 1. The molecule has 0 bridgehead atoms. The van der Waals surface area contributed by atoms with Crippen LogP contribution in [0.5, 0.6) is 0 Å². The highest BCUT2D eigenvalue weighted by Crippen LogP contribution is 2.27.